The van der Waals surface area contributed by atoms with E-state index in [-0.39, 0.29) is 0 Å². The van der Waals surface area contributed by atoms with Gasteiger partial charge in [0.1, 0.15) is 0 Å². The molecule has 0 spiro atoms. The first kappa shape index (κ1) is 12.9. The Morgan fingerprint density at radius 2 is 1.94 bits per heavy atom. The minimum atomic E-state index is -4.62. The van der Waals surface area contributed by atoms with Gasteiger partial charge in [-0.05, 0) is 6.42 Å². The smallest absolute Gasteiger partial charge is 0.301 e. The van der Waals surface area contributed by atoms with E-state index in [0.29, 0.717) is 4.80 Å². The number of hydrogen-bond acceptors (Lipinski definition) is 4. The molecule has 0 aliphatic rings. The van der Waals surface area contributed by atoms with Gasteiger partial charge in [-0.3, -0.25) is 0 Å². The van der Waals surface area contributed by atoms with Crippen LogP contribution in [0.1, 0.15) is 12.5 Å². The topological polar surface area (TPSA) is 91.9 Å². The lowest BCUT2D eigenvalue weighted by Gasteiger charge is -2.18. The number of nitrogens with one attached hydrogen (secondary N) is 1. The summed E-state index contributed by atoms with van der Waals surface area (Å²) in [7, 11) is -3.94. The minimum Gasteiger partial charge on any atom is -0.301 e. The fraction of sp³-hybridized carbons (Fsp3) is 0.667. The van der Waals surface area contributed by atoms with E-state index in [1.165, 1.54) is 0 Å². The maximum absolute atomic E-state index is 12.5. The van der Waals surface area contributed by atoms with E-state index in [1.54, 1.807) is 0 Å². The highest BCUT2D eigenvalue weighted by Gasteiger charge is 2.42. The molecular weight excluding hydrogens is 249 g/mol. The van der Waals surface area contributed by atoms with Crippen molar-refractivity contribution < 1.29 is 21.9 Å². The van der Waals surface area contributed by atoms with Crippen molar-refractivity contribution >= 4 is 10.0 Å². The van der Waals surface area contributed by atoms with Crippen molar-refractivity contribution in [1.29, 1.82) is 4.78 Å². The molecule has 1 heterocycles. The molecule has 0 amide bonds. The molecule has 0 fully saturated rings. The Morgan fingerprint density at radius 1 is 1.44 bits per heavy atom. The SMILES string of the molecule is N=S(=O)(O)CCC(n1nccn1)C(F)(F)F. The summed E-state index contributed by atoms with van der Waals surface area (Å²) in [5.41, 5.74) is 0. The number of hydrogen-bond donors (Lipinski definition) is 2. The van der Waals surface area contributed by atoms with Gasteiger partial charge >= 0.3 is 6.18 Å². The van der Waals surface area contributed by atoms with Gasteiger partial charge in [0.15, 0.2) is 16.1 Å². The van der Waals surface area contributed by atoms with E-state index >= 15 is 0 Å². The molecule has 1 aromatic heterocycles. The zero-order valence-corrected chi connectivity index (χ0v) is 8.70. The molecule has 0 saturated carbocycles. The summed E-state index contributed by atoms with van der Waals surface area (Å²) in [6.07, 6.45) is -3.17. The van der Waals surface area contributed by atoms with E-state index in [0.717, 1.165) is 12.4 Å². The van der Waals surface area contributed by atoms with Crippen LogP contribution >= 0.6 is 0 Å². The van der Waals surface area contributed by atoms with Gasteiger partial charge < -0.3 is 4.55 Å². The summed E-state index contributed by atoms with van der Waals surface area (Å²) < 4.78 is 63.4. The average Bonchev–Trinajstić information content (AvgIpc) is 2.52. The zero-order chi connectivity index (χ0) is 12.4. The average molecular weight is 258 g/mol. The van der Waals surface area contributed by atoms with Gasteiger partial charge in [-0.2, -0.15) is 28.2 Å². The van der Waals surface area contributed by atoms with Crippen LogP contribution in [0, 0.1) is 4.78 Å². The lowest BCUT2D eigenvalue weighted by atomic mass is 10.2. The fourth-order valence-electron chi connectivity index (χ4n) is 1.07. The number of rotatable bonds is 4. The highest BCUT2D eigenvalue weighted by molar-refractivity contribution is 7.86. The van der Waals surface area contributed by atoms with Crippen molar-refractivity contribution in [3.05, 3.63) is 12.4 Å². The second-order valence-electron chi connectivity index (χ2n) is 3.04. The summed E-state index contributed by atoms with van der Waals surface area (Å²) in [6, 6.07) is -2.08. The van der Waals surface area contributed by atoms with E-state index in [1.807, 2.05) is 0 Å². The Labute approximate surface area is 89.3 Å². The van der Waals surface area contributed by atoms with Crippen LogP contribution in [0.4, 0.5) is 13.2 Å². The predicted molar refractivity (Wildman–Crippen MR) is 48.1 cm³/mol. The molecule has 10 heteroatoms. The van der Waals surface area contributed by atoms with E-state index in [2.05, 4.69) is 10.2 Å². The number of halogens is 3. The number of aromatic nitrogens is 3. The Bertz CT molecular complexity index is 427. The summed E-state index contributed by atoms with van der Waals surface area (Å²) in [5.74, 6) is -0.779. The zero-order valence-electron chi connectivity index (χ0n) is 7.89. The molecular formula is C6H9F3N4O2S. The van der Waals surface area contributed by atoms with Crippen LogP contribution in [0.25, 0.3) is 0 Å². The van der Waals surface area contributed by atoms with Crippen LogP contribution in [-0.2, 0) is 10.0 Å². The van der Waals surface area contributed by atoms with Crippen LogP contribution in [0.15, 0.2) is 12.4 Å². The quantitative estimate of drug-likeness (QED) is 0.851. The number of alkyl halides is 3. The molecule has 0 radical (unpaired) electrons. The summed E-state index contributed by atoms with van der Waals surface area (Å²) in [6.45, 7) is 0. The van der Waals surface area contributed by atoms with Crippen molar-refractivity contribution in [2.75, 3.05) is 5.75 Å². The van der Waals surface area contributed by atoms with Gasteiger partial charge in [-0.15, -0.1) is 0 Å². The first-order valence-corrected chi connectivity index (χ1v) is 5.80. The Balaban J connectivity index is 2.83. The van der Waals surface area contributed by atoms with Gasteiger partial charge in [0.2, 0.25) is 0 Å². The molecule has 0 aliphatic carbocycles. The molecule has 0 aromatic carbocycles. The molecule has 1 rings (SSSR count). The van der Waals surface area contributed by atoms with Gasteiger partial charge in [0.05, 0.1) is 18.1 Å². The summed E-state index contributed by atoms with van der Waals surface area (Å²) >= 11 is 0. The standard InChI is InChI=1S/C6H9F3N4O2S/c7-6(8,9)5(1-4-16(10,14)15)13-11-2-3-12-13/h2-3,5H,1,4H2,(H2,10,14,15). The van der Waals surface area contributed by atoms with E-state index < -0.39 is 34.4 Å². The molecule has 1 aromatic rings. The second-order valence-corrected chi connectivity index (χ2v) is 4.73. The largest absolute Gasteiger partial charge is 0.412 e. The van der Waals surface area contributed by atoms with Crippen molar-refractivity contribution in [3.8, 4) is 0 Å². The Hall–Kier alpha value is -1.16. The first-order chi connectivity index (χ1) is 7.20. The fourth-order valence-corrected chi connectivity index (χ4v) is 1.61. The highest BCUT2D eigenvalue weighted by Crippen LogP contribution is 2.32. The van der Waals surface area contributed by atoms with Gasteiger partial charge in [0.25, 0.3) is 0 Å². The van der Waals surface area contributed by atoms with Gasteiger partial charge in [0, 0.05) is 0 Å². The van der Waals surface area contributed by atoms with Crippen molar-refractivity contribution in [2.24, 2.45) is 0 Å². The minimum absolute atomic E-state index is 0.422. The molecule has 2 N–H and O–H groups in total. The van der Waals surface area contributed by atoms with Crippen LogP contribution in [0.3, 0.4) is 0 Å². The molecule has 92 valence electrons. The Morgan fingerprint density at radius 3 is 2.31 bits per heavy atom. The maximum atomic E-state index is 12.5. The molecule has 2 atom stereocenters. The lowest BCUT2D eigenvalue weighted by Crippen LogP contribution is -2.30. The molecule has 0 saturated heterocycles. The molecule has 16 heavy (non-hydrogen) atoms. The normalized spacial score (nSPS) is 18.0. The second kappa shape index (κ2) is 4.37. The maximum Gasteiger partial charge on any atom is 0.412 e. The molecule has 0 bridgehead atoms. The van der Waals surface area contributed by atoms with Crippen LogP contribution < -0.4 is 0 Å². The summed E-state index contributed by atoms with van der Waals surface area (Å²) in [5, 5.41) is 6.67. The monoisotopic (exact) mass is 258 g/mol. The highest BCUT2D eigenvalue weighted by atomic mass is 32.2. The molecule has 2 unspecified atom stereocenters. The first-order valence-electron chi connectivity index (χ1n) is 4.11. The van der Waals surface area contributed by atoms with E-state index in [9.17, 15) is 17.4 Å². The third-order valence-electron chi connectivity index (χ3n) is 1.76. The van der Waals surface area contributed by atoms with Gasteiger partial charge in [-0.25, -0.2) is 8.99 Å². The Kier molecular flexibility index (Phi) is 3.53. The van der Waals surface area contributed by atoms with Crippen molar-refractivity contribution in [1.82, 2.24) is 15.0 Å². The van der Waals surface area contributed by atoms with Gasteiger partial charge in [-0.1, -0.05) is 0 Å². The summed E-state index contributed by atoms with van der Waals surface area (Å²) in [4.78, 5) is 0.422. The third-order valence-corrected chi connectivity index (χ3v) is 2.55. The molecule has 0 aliphatic heterocycles. The molecule has 6 nitrogen and oxygen atoms in total. The van der Waals surface area contributed by atoms with Crippen LogP contribution in [0.2, 0.25) is 0 Å². The van der Waals surface area contributed by atoms with Crippen molar-refractivity contribution in [2.45, 2.75) is 18.6 Å². The van der Waals surface area contributed by atoms with Crippen molar-refractivity contribution in [3.63, 3.8) is 0 Å². The predicted octanol–water partition coefficient (Wildman–Crippen LogP) is 1.29. The van der Waals surface area contributed by atoms with Crippen LogP contribution in [0.5, 0.6) is 0 Å². The third kappa shape index (κ3) is 3.77. The van der Waals surface area contributed by atoms with E-state index in [4.69, 9.17) is 9.33 Å². The number of nitrogens with zero attached hydrogens (tertiary/aromatic N) is 3. The van der Waals surface area contributed by atoms with Crippen LogP contribution in [-0.4, -0.2) is 35.7 Å². The lowest BCUT2D eigenvalue weighted by molar-refractivity contribution is -0.173.